The predicted molar refractivity (Wildman–Crippen MR) is 77.8 cm³/mol. The zero-order valence-electron chi connectivity index (χ0n) is 12.2. The van der Waals surface area contributed by atoms with Crippen LogP contribution in [0.3, 0.4) is 0 Å². The van der Waals surface area contributed by atoms with Crippen molar-refractivity contribution >= 4 is 5.97 Å². The lowest BCUT2D eigenvalue weighted by Gasteiger charge is -2.36. The van der Waals surface area contributed by atoms with E-state index in [4.69, 9.17) is 9.84 Å². The van der Waals surface area contributed by atoms with Crippen LogP contribution in [-0.2, 0) is 11.3 Å². The van der Waals surface area contributed by atoms with Gasteiger partial charge in [-0.25, -0.2) is 0 Å². The minimum absolute atomic E-state index is 0.179. The second-order valence-electron chi connectivity index (χ2n) is 5.46. The third kappa shape index (κ3) is 3.73. The first kappa shape index (κ1) is 14.9. The van der Waals surface area contributed by atoms with Gasteiger partial charge in [0.1, 0.15) is 5.75 Å². The number of ether oxygens (including phenoxy) is 1. The van der Waals surface area contributed by atoms with Crippen LogP contribution in [0.4, 0.5) is 0 Å². The monoisotopic (exact) mass is 277 g/mol. The second-order valence-corrected chi connectivity index (χ2v) is 5.46. The Bertz CT molecular complexity index is 444. The van der Waals surface area contributed by atoms with E-state index in [0.717, 1.165) is 31.7 Å². The molecule has 20 heavy (non-hydrogen) atoms. The maximum Gasteiger partial charge on any atom is 0.306 e. The Morgan fingerprint density at radius 3 is 2.65 bits per heavy atom. The predicted octanol–water partition coefficient (Wildman–Crippen LogP) is 2.77. The van der Waals surface area contributed by atoms with Gasteiger partial charge in [0.15, 0.2) is 0 Å². The van der Waals surface area contributed by atoms with Crippen LogP contribution in [0.1, 0.15) is 32.3 Å². The van der Waals surface area contributed by atoms with E-state index in [1.165, 1.54) is 5.56 Å². The highest BCUT2D eigenvalue weighted by atomic mass is 16.5. The van der Waals surface area contributed by atoms with Gasteiger partial charge in [-0.2, -0.15) is 0 Å². The van der Waals surface area contributed by atoms with Crippen LogP contribution in [0, 0.1) is 5.92 Å². The molecular weight excluding hydrogens is 254 g/mol. The lowest BCUT2D eigenvalue weighted by Crippen LogP contribution is -2.42. The molecule has 4 nitrogen and oxygen atoms in total. The number of hydrogen-bond acceptors (Lipinski definition) is 3. The summed E-state index contributed by atoms with van der Waals surface area (Å²) in [6.07, 6.45) is 1.49. The van der Waals surface area contributed by atoms with Gasteiger partial charge in [0, 0.05) is 12.6 Å². The van der Waals surface area contributed by atoms with Crippen LogP contribution in [0.25, 0.3) is 0 Å². The number of hydrogen-bond donors (Lipinski definition) is 1. The van der Waals surface area contributed by atoms with Crippen LogP contribution in [0.15, 0.2) is 24.3 Å². The molecule has 1 fully saturated rings. The number of likely N-dealkylation sites (tertiary alicyclic amines) is 1. The second kappa shape index (κ2) is 6.75. The fourth-order valence-electron chi connectivity index (χ4n) is 2.77. The average Bonchev–Trinajstić information content (AvgIpc) is 2.43. The van der Waals surface area contributed by atoms with Crippen LogP contribution < -0.4 is 4.74 Å². The van der Waals surface area contributed by atoms with E-state index < -0.39 is 5.97 Å². The van der Waals surface area contributed by atoms with Gasteiger partial charge in [-0.3, -0.25) is 9.69 Å². The highest BCUT2D eigenvalue weighted by molar-refractivity contribution is 5.70. The summed E-state index contributed by atoms with van der Waals surface area (Å²) in [5.41, 5.74) is 1.24. The van der Waals surface area contributed by atoms with Crippen LogP contribution in [0.2, 0.25) is 0 Å². The minimum atomic E-state index is -0.655. The lowest BCUT2D eigenvalue weighted by molar-refractivity contribution is -0.144. The molecule has 2 unspecified atom stereocenters. The molecule has 1 aliphatic rings. The van der Waals surface area contributed by atoms with Gasteiger partial charge < -0.3 is 9.84 Å². The Labute approximate surface area is 120 Å². The fourth-order valence-corrected chi connectivity index (χ4v) is 2.77. The maximum atomic E-state index is 11.0. The van der Waals surface area contributed by atoms with E-state index >= 15 is 0 Å². The number of carboxylic acids is 1. The Hall–Kier alpha value is -1.55. The van der Waals surface area contributed by atoms with Crippen molar-refractivity contribution in [3.8, 4) is 5.75 Å². The molecule has 1 aromatic rings. The third-order valence-electron chi connectivity index (χ3n) is 3.98. The molecule has 0 radical (unpaired) electrons. The van der Waals surface area contributed by atoms with Crippen molar-refractivity contribution in [3.63, 3.8) is 0 Å². The van der Waals surface area contributed by atoms with Crippen molar-refractivity contribution in [2.45, 2.75) is 39.3 Å². The molecule has 0 bridgehead atoms. The summed E-state index contributed by atoms with van der Waals surface area (Å²) in [4.78, 5) is 13.4. The Morgan fingerprint density at radius 1 is 1.40 bits per heavy atom. The highest BCUT2D eigenvalue weighted by Gasteiger charge is 2.29. The molecular formula is C16H23NO3. The smallest absolute Gasteiger partial charge is 0.306 e. The number of carbonyl (C=O) groups is 1. The molecule has 0 amide bonds. The zero-order chi connectivity index (χ0) is 14.5. The molecule has 2 atom stereocenters. The molecule has 4 heteroatoms. The van der Waals surface area contributed by atoms with Crippen LogP contribution in [-0.4, -0.2) is 35.2 Å². The summed E-state index contributed by atoms with van der Waals surface area (Å²) in [5, 5.41) is 9.08. The van der Waals surface area contributed by atoms with Crippen molar-refractivity contribution in [1.82, 2.24) is 4.90 Å². The SMILES string of the molecule is CCOc1ccc(CN2CCC(C(=O)O)CC2C)cc1. The van der Waals surface area contributed by atoms with E-state index in [-0.39, 0.29) is 5.92 Å². The van der Waals surface area contributed by atoms with E-state index in [9.17, 15) is 4.79 Å². The molecule has 0 aliphatic carbocycles. The van der Waals surface area contributed by atoms with Crippen LogP contribution >= 0.6 is 0 Å². The number of piperidine rings is 1. The molecule has 1 aliphatic heterocycles. The molecule has 1 N–H and O–H groups in total. The Morgan fingerprint density at radius 2 is 2.10 bits per heavy atom. The quantitative estimate of drug-likeness (QED) is 0.899. The normalized spacial score (nSPS) is 23.5. The van der Waals surface area contributed by atoms with Gasteiger partial charge in [-0.1, -0.05) is 12.1 Å². The van der Waals surface area contributed by atoms with E-state index in [1.54, 1.807) is 0 Å². The molecule has 1 heterocycles. The van der Waals surface area contributed by atoms with Gasteiger partial charge in [0.05, 0.1) is 12.5 Å². The molecule has 1 aromatic carbocycles. The standard InChI is InChI=1S/C16H23NO3/c1-3-20-15-6-4-13(5-7-15)11-17-9-8-14(16(18)19)10-12(17)2/h4-7,12,14H,3,8-11H2,1-2H3,(H,18,19). The number of aliphatic carboxylic acids is 1. The number of benzene rings is 1. The fraction of sp³-hybridized carbons (Fsp3) is 0.562. The van der Waals surface area contributed by atoms with Gasteiger partial charge in [-0.15, -0.1) is 0 Å². The van der Waals surface area contributed by atoms with Gasteiger partial charge in [0.25, 0.3) is 0 Å². The van der Waals surface area contributed by atoms with Crippen molar-refractivity contribution in [2.75, 3.05) is 13.2 Å². The van der Waals surface area contributed by atoms with Gasteiger partial charge in [0.2, 0.25) is 0 Å². The molecule has 110 valence electrons. The van der Waals surface area contributed by atoms with Gasteiger partial charge >= 0.3 is 5.97 Å². The van der Waals surface area contributed by atoms with Crippen LogP contribution in [0.5, 0.6) is 5.75 Å². The molecule has 1 saturated heterocycles. The molecule has 0 saturated carbocycles. The third-order valence-corrected chi connectivity index (χ3v) is 3.98. The molecule has 0 spiro atoms. The number of nitrogens with zero attached hydrogens (tertiary/aromatic N) is 1. The molecule has 2 rings (SSSR count). The van der Waals surface area contributed by atoms with Crippen molar-refractivity contribution < 1.29 is 14.6 Å². The summed E-state index contributed by atoms with van der Waals surface area (Å²) in [6.45, 7) is 6.50. The topological polar surface area (TPSA) is 49.8 Å². The Kier molecular flexibility index (Phi) is 5.01. The average molecular weight is 277 g/mol. The first-order valence-electron chi connectivity index (χ1n) is 7.28. The summed E-state index contributed by atoms with van der Waals surface area (Å²) < 4.78 is 5.43. The van der Waals surface area contributed by atoms with E-state index in [1.807, 2.05) is 19.1 Å². The minimum Gasteiger partial charge on any atom is -0.494 e. The van der Waals surface area contributed by atoms with E-state index in [0.29, 0.717) is 12.6 Å². The number of rotatable bonds is 5. The van der Waals surface area contributed by atoms with Crippen molar-refractivity contribution in [3.05, 3.63) is 29.8 Å². The lowest BCUT2D eigenvalue weighted by atomic mass is 9.91. The first-order chi connectivity index (χ1) is 9.60. The Balaban J connectivity index is 1.91. The summed E-state index contributed by atoms with van der Waals surface area (Å²) >= 11 is 0. The van der Waals surface area contributed by atoms with E-state index in [2.05, 4.69) is 24.0 Å². The molecule has 0 aromatic heterocycles. The summed E-state index contributed by atoms with van der Waals surface area (Å²) in [6, 6.07) is 8.47. The first-order valence-corrected chi connectivity index (χ1v) is 7.28. The maximum absolute atomic E-state index is 11.0. The largest absolute Gasteiger partial charge is 0.494 e. The summed E-state index contributed by atoms with van der Waals surface area (Å²) in [5.74, 6) is 0.0630. The van der Waals surface area contributed by atoms with Crippen molar-refractivity contribution in [2.24, 2.45) is 5.92 Å². The number of carboxylic acid groups (broad SMARTS) is 1. The highest BCUT2D eigenvalue weighted by Crippen LogP contribution is 2.25. The van der Waals surface area contributed by atoms with Gasteiger partial charge in [-0.05, 0) is 50.9 Å². The summed E-state index contributed by atoms with van der Waals surface area (Å²) in [7, 11) is 0. The zero-order valence-corrected chi connectivity index (χ0v) is 12.2. The van der Waals surface area contributed by atoms with Crippen molar-refractivity contribution in [1.29, 1.82) is 0 Å².